The van der Waals surface area contributed by atoms with Crippen molar-refractivity contribution in [3.8, 4) is 0 Å². The second-order valence-electron chi connectivity index (χ2n) is 6.42. The lowest BCUT2D eigenvalue weighted by Gasteiger charge is -2.34. The first-order valence-corrected chi connectivity index (χ1v) is 9.64. The van der Waals surface area contributed by atoms with Gasteiger partial charge in [-0.2, -0.15) is 11.8 Å². The fourth-order valence-corrected chi connectivity index (χ4v) is 3.08. The minimum atomic E-state index is 0.0538. The van der Waals surface area contributed by atoms with Crippen LogP contribution in [0.25, 0.3) is 0 Å². The molecule has 0 bridgehead atoms. The first-order chi connectivity index (χ1) is 11.0. The fraction of sp³-hybridized carbons (Fsp3) is 0.611. The van der Waals surface area contributed by atoms with Crippen molar-refractivity contribution in [2.24, 2.45) is 0 Å². The van der Waals surface area contributed by atoms with Gasteiger partial charge in [-0.3, -0.25) is 4.79 Å². The molecule has 1 aliphatic heterocycles. The van der Waals surface area contributed by atoms with Gasteiger partial charge in [-0.1, -0.05) is 19.1 Å². The molecular weight excluding hydrogens is 306 g/mol. The third-order valence-corrected chi connectivity index (χ3v) is 5.49. The minimum absolute atomic E-state index is 0.0538. The van der Waals surface area contributed by atoms with E-state index in [-0.39, 0.29) is 11.9 Å². The molecule has 2 atom stereocenters. The highest BCUT2D eigenvalue weighted by atomic mass is 32.2. The van der Waals surface area contributed by atoms with Gasteiger partial charge in [-0.15, -0.1) is 0 Å². The van der Waals surface area contributed by atoms with Crippen molar-refractivity contribution in [3.63, 3.8) is 0 Å². The molecule has 2 rings (SSSR count). The molecule has 0 unspecified atom stereocenters. The van der Waals surface area contributed by atoms with Crippen LogP contribution in [-0.2, 0) is 4.79 Å². The van der Waals surface area contributed by atoms with E-state index in [4.69, 9.17) is 0 Å². The summed E-state index contributed by atoms with van der Waals surface area (Å²) in [6.45, 7) is 8.51. The van der Waals surface area contributed by atoms with Gasteiger partial charge in [0.1, 0.15) is 0 Å². The van der Waals surface area contributed by atoms with E-state index in [0.717, 1.165) is 31.7 Å². The number of nitrogens with one attached hydrogen (secondary N) is 1. The van der Waals surface area contributed by atoms with Gasteiger partial charge in [0.05, 0.1) is 6.04 Å². The maximum Gasteiger partial charge on any atom is 0.221 e. The van der Waals surface area contributed by atoms with E-state index in [1.807, 2.05) is 13.2 Å². The summed E-state index contributed by atoms with van der Waals surface area (Å²) >= 11 is 1.72. The number of hydrogen-bond donors (Lipinski definition) is 1. The SMILES string of the molecule is CS[C@@H](C)CC(=O)N[C@H](C)c1ccc(N2CCN(C)CC2)cc1. The lowest BCUT2D eigenvalue weighted by molar-refractivity contribution is -0.121. The minimum Gasteiger partial charge on any atom is -0.369 e. The molecule has 1 fully saturated rings. The Balaban J connectivity index is 1.89. The van der Waals surface area contributed by atoms with Crippen LogP contribution in [0.1, 0.15) is 31.9 Å². The predicted molar refractivity (Wildman–Crippen MR) is 100 cm³/mol. The summed E-state index contributed by atoms with van der Waals surface area (Å²) in [7, 11) is 2.17. The Morgan fingerprint density at radius 3 is 2.35 bits per heavy atom. The van der Waals surface area contributed by atoms with E-state index in [0.29, 0.717) is 11.7 Å². The molecule has 1 aliphatic rings. The average molecular weight is 336 g/mol. The summed E-state index contributed by atoms with van der Waals surface area (Å²) in [5, 5.41) is 3.46. The number of rotatable bonds is 6. The standard InChI is InChI=1S/C18H29N3OS/c1-14(23-4)13-18(22)19-15(2)16-5-7-17(8-6-16)21-11-9-20(3)10-12-21/h5-8,14-15H,9-13H2,1-4H3,(H,19,22)/t14-,15+/m0/s1. The van der Waals surface area contributed by atoms with Crippen molar-refractivity contribution in [1.29, 1.82) is 0 Å². The average Bonchev–Trinajstić information content (AvgIpc) is 2.55. The number of anilines is 1. The Morgan fingerprint density at radius 1 is 1.17 bits per heavy atom. The van der Waals surface area contributed by atoms with Gasteiger partial charge in [-0.25, -0.2) is 0 Å². The zero-order valence-electron chi connectivity index (χ0n) is 14.7. The van der Waals surface area contributed by atoms with E-state index in [9.17, 15) is 4.79 Å². The van der Waals surface area contributed by atoms with Crippen molar-refractivity contribution in [3.05, 3.63) is 29.8 Å². The predicted octanol–water partition coefficient (Wildman–Crippen LogP) is 2.76. The van der Waals surface area contributed by atoms with Gasteiger partial charge in [0.2, 0.25) is 5.91 Å². The van der Waals surface area contributed by atoms with E-state index < -0.39 is 0 Å². The van der Waals surface area contributed by atoms with Crippen LogP contribution >= 0.6 is 11.8 Å². The summed E-state index contributed by atoms with van der Waals surface area (Å²) in [6, 6.07) is 8.67. The number of benzene rings is 1. The van der Waals surface area contributed by atoms with E-state index in [1.165, 1.54) is 5.69 Å². The molecule has 128 valence electrons. The molecule has 0 aliphatic carbocycles. The molecule has 0 radical (unpaired) electrons. The lowest BCUT2D eigenvalue weighted by atomic mass is 10.1. The van der Waals surface area contributed by atoms with E-state index in [1.54, 1.807) is 11.8 Å². The summed E-state index contributed by atoms with van der Waals surface area (Å²) in [4.78, 5) is 16.8. The van der Waals surface area contributed by atoms with Gasteiger partial charge < -0.3 is 15.1 Å². The van der Waals surface area contributed by atoms with Crippen molar-refractivity contribution in [2.75, 3.05) is 44.4 Å². The second kappa shape index (κ2) is 8.60. The maximum atomic E-state index is 12.0. The summed E-state index contributed by atoms with van der Waals surface area (Å²) < 4.78 is 0. The molecule has 1 aromatic carbocycles. The maximum absolute atomic E-state index is 12.0. The van der Waals surface area contributed by atoms with Crippen LogP contribution in [0.4, 0.5) is 5.69 Å². The number of hydrogen-bond acceptors (Lipinski definition) is 4. The summed E-state index contributed by atoms with van der Waals surface area (Å²) in [5.74, 6) is 0.127. The molecule has 0 saturated carbocycles. The third kappa shape index (κ3) is 5.43. The first kappa shape index (κ1) is 18.1. The third-order valence-electron chi connectivity index (χ3n) is 4.51. The molecule has 1 aromatic rings. The molecule has 1 amide bonds. The molecule has 0 spiro atoms. The first-order valence-electron chi connectivity index (χ1n) is 8.35. The molecule has 5 heteroatoms. The lowest BCUT2D eigenvalue weighted by Crippen LogP contribution is -2.44. The van der Waals surface area contributed by atoms with Gasteiger partial charge in [-0.05, 0) is 37.9 Å². The number of carbonyl (C=O) groups is 1. The Kier molecular flexibility index (Phi) is 6.78. The topological polar surface area (TPSA) is 35.6 Å². The molecule has 0 aromatic heterocycles. The highest BCUT2D eigenvalue weighted by Gasteiger charge is 2.15. The van der Waals surface area contributed by atoms with Gasteiger partial charge in [0.15, 0.2) is 0 Å². The summed E-state index contributed by atoms with van der Waals surface area (Å²) in [5.41, 5.74) is 2.43. The molecule has 4 nitrogen and oxygen atoms in total. The monoisotopic (exact) mass is 335 g/mol. The van der Waals surface area contributed by atoms with Crippen molar-refractivity contribution in [1.82, 2.24) is 10.2 Å². The highest BCUT2D eigenvalue weighted by Crippen LogP contribution is 2.20. The molecule has 1 saturated heterocycles. The second-order valence-corrected chi connectivity index (χ2v) is 7.70. The Morgan fingerprint density at radius 2 is 1.78 bits per heavy atom. The Bertz CT molecular complexity index is 497. The number of thioether (sulfide) groups is 1. The molecule has 1 heterocycles. The Hall–Kier alpha value is -1.20. The van der Waals surface area contributed by atoms with Crippen LogP contribution < -0.4 is 10.2 Å². The number of nitrogens with zero attached hydrogens (tertiary/aromatic N) is 2. The van der Waals surface area contributed by atoms with Gasteiger partial charge in [0, 0.05) is 43.5 Å². The van der Waals surface area contributed by atoms with Crippen molar-refractivity contribution in [2.45, 2.75) is 31.6 Å². The van der Waals surface area contributed by atoms with Crippen LogP contribution in [0.3, 0.4) is 0 Å². The quantitative estimate of drug-likeness (QED) is 0.867. The smallest absolute Gasteiger partial charge is 0.221 e. The van der Waals surface area contributed by atoms with Gasteiger partial charge in [0.25, 0.3) is 0 Å². The van der Waals surface area contributed by atoms with Crippen molar-refractivity contribution >= 4 is 23.4 Å². The summed E-state index contributed by atoms with van der Waals surface area (Å²) in [6.07, 6.45) is 2.61. The van der Waals surface area contributed by atoms with Crippen LogP contribution in [0.5, 0.6) is 0 Å². The fourth-order valence-electron chi connectivity index (χ4n) is 2.77. The largest absolute Gasteiger partial charge is 0.369 e. The zero-order valence-corrected chi connectivity index (χ0v) is 15.5. The van der Waals surface area contributed by atoms with Crippen LogP contribution in [-0.4, -0.2) is 55.5 Å². The molecule has 1 N–H and O–H groups in total. The van der Waals surface area contributed by atoms with Crippen LogP contribution in [0.15, 0.2) is 24.3 Å². The highest BCUT2D eigenvalue weighted by molar-refractivity contribution is 7.99. The molecule has 23 heavy (non-hydrogen) atoms. The van der Waals surface area contributed by atoms with Crippen LogP contribution in [0, 0.1) is 0 Å². The number of amides is 1. The normalized spacial score (nSPS) is 18.5. The van der Waals surface area contributed by atoms with Crippen molar-refractivity contribution < 1.29 is 4.79 Å². The van der Waals surface area contributed by atoms with E-state index >= 15 is 0 Å². The number of piperazine rings is 1. The molecular formula is C18H29N3OS. The van der Waals surface area contributed by atoms with Gasteiger partial charge >= 0.3 is 0 Å². The van der Waals surface area contributed by atoms with Crippen LogP contribution in [0.2, 0.25) is 0 Å². The Labute approximate surface area is 144 Å². The number of likely N-dealkylation sites (N-methyl/N-ethyl adjacent to an activating group) is 1. The number of carbonyl (C=O) groups excluding carboxylic acids is 1. The zero-order chi connectivity index (χ0) is 16.8. The van der Waals surface area contributed by atoms with E-state index in [2.05, 4.69) is 53.4 Å².